The van der Waals surface area contributed by atoms with E-state index in [1.807, 2.05) is 6.20 Å². The number of hydrogen-bond donors (Lipinski definition) is 1. The van der Waals surface area contributed by atoms with Crippen molar-refractivity contribution in [2.24, 2.45) is 5.92 Å². The summed E-state index contributed by atoms with van der Waals surface area (Å²) in [5.41, 5.74) is 1.48. The third-order valence-electron chi connectivity index (χ3n) is 4.38. The second-order valence-electron chi connectivity index (χ2n) is 7.32. The minimum atomic E-state index is 0.153. The van der Waals surface area contributed by atoms with Crippen LogP contribution in [0.15, 0.2) is 18.3 Å². The van der Waals surface area contributed by atoms with Crippen molar-refractivity contribution in [2.75, 3.05) is 18.0 Å². The average molecular weight is 289 g/mol. The van der Waals surface area contributed by atoms with E-state index in [0.717, 1.165) is 31.4 Å². The van der Waals surface area contributed by atoms with Crippen LogP contribution in [0.1, 0.15) is 58.9 Å². The summed E-state index contributed by atoms with van der Waals surface area (Å²) in [7, 11) is 0. The second kappa shape index (κ2) is 7.26. The van der Waals surface area contributed by atoms with E-state index in [4.69, 9.17) is 0 Å². The molecule has 21 heavy (non-hydrogen) atoms. The van der Waals surface area contributed by atoms with Gasteiger partial charge in [-0.05, 0) is 63.6 Å². The first-order chi connectivity index (χ1) is 9.98. The van der Waals surface area contributed by atoms with Crippen molar-refractivity contribution in [3.8, 4) is 0 Å². The number of pyridine rings is 1. The van der Waals surface area contributed by atoms with E-state index in [2.05, 4.69) is 55.0 Å². The first-order valence-electron chi connectivity index (χ1n) is 8.43. The molecule has 1 aliphatic heterocycles. The molecule has 2 rings (SSSR count). The summed E-state index contributed by atoms with van der Waals surface area (Å²) in [5, 5.41) is 3.55. The van der Waals surface area contributed by atoms with E-state index in [1.165, 1.54) is 31.2 Å². The van der Waals surface area contributed by atoms with Crippen LogP contribution < -0.4 is 10.2 Å². The molecule has 0 aromatic carbocycles. The molecule has 3 heteroatoms. The highest BCUT2D eigenvalue weighted by atomic mass is 15.2. The zero-order valence-electron chi connectivity index (χ0n) is 14.2. The molecule has 0 radical (unpaired) electrons. The molecule has 0 spiro atoms. The van der Waals surface area contributed by atoms with Crippen LogP contribution in [0.5, 0.6) is 0 Å². The lowest BCUT2D eigenvalue weighted by molar-refractivity contribution is 0.424. The molecule has 1 aromatic heterocycles. The van der Waals surface area contributed by atoms with Crippen molar-refractivity contribution < 1.29 is 0 Å². The highest BCUT2D eigenvalue weighted by Crippen LogP contribution is 2.23. The van der Waals surface area contributed by atoms with Crippen molar-refractivity contribution in [1.82, 2.24) is 10.3 Å². The molecule has 1 aromatic rings. The van der Waals surface area contributed by atoms with Gasteiger partial charge in [-0.15, -0.1) is 0 Å². The smallest absolute Gasteiger partial charge is 0.128 e. The number of hydrogen-bond acceptors (Lipinski definition) is 3. The Morgan fingerprint density at radius 1 is 1.29 bits per heavy atom. The predicted octanol–water partition coefficient (Wildman–Crippen LogP) is 3.99. The van der Waals surface area contributed by atoms with Crippen molar-refractivity contribution in [3.63, 3.8) is 0 Å². The van der Waals surface area contributed by atoms with E-state index in [9.17, 15) is 0 Å². The Labute approximate surface area is 130 Å². The van der Waals surface area contributed by atoms with Crippen LogP contribution in [0.2, 0.25) is 0 Å². The van der Waals surface area contributed by atoms with Gasteiger partial charge < -0.3 is 10.2 Å². The van der Waals surface area contributed by atoms with Gasteiger partial charge >= 0.3 is 0 Å². The van der Waals surface area contributed by atoms with E-state index in [0.29, 0.717) is 0 Å². The van der Waals surface area contributed by atoms with Crippen LogP contribution in [0.25, 0.3) is 0 Å². The lowest BCUT2D eigenvalue weighted by atomic mass is 9.98. The van der Waals surface area contributed by atoms with Crippen LogP contribution in [-0.4, -0.2) is 23.6 Å². The molecule has 1 unspecified atom stereocenters. The van der Waals surface area contributed by atoms with Crippen LogP contribution in [0.4, 0.5) is 5.82 Å². The maximum Gasteiger partial charge on any atom is 0.128 e. The standard InChI is InChI=1S/C18H31N3/c1-5-15-7-6-11-21(12-9-15)17-13-16(8-10-19-17)14-20-18(2,3)4/h8,10,13,15,20H,5-7,9,11-12,14H2,1-4H3. The molecular formula is C18H31N3. The fourth-order valence-electron chi connectivity index (χ4n) is 2.91. The quantitative estimate of drug-likeness (QED) is 0.908. The predicted molar refractivity (Wildman–Crippen MR) is 90.7 cm³/mol. The summed E-state index contributed by atoms with van der Waals surface area (Å²) >= 11 is 0. The summed E-state index contributed by atoms with van der Waals surface area (Å²) < 4.78 is 0. The van der Waals surface area contributed by atoms with Gasteiger partial charge in [-0.25, -0.2) is 4.98 Å². The fraction of sp³-hybridized carbons (Fsp3) is 0.722. The maximum absolute atomic E-state index is 4.60. The molecule has 0 saturated carbocycles. The summed E-state index contributed by atoms with van der Waals surface area (Å²) in [6.45, 7) is 12.1. The van der Waals surface area contributed by atoms with Gasteiger partial charge in [-0.1, -0.05) is 13.3 Å². The molecule has 1 fully saturated rings. The highest BCUT2D eigenvalue weighted by Gasteiger charge is 2.17. The van der Waals surface area contributed by atoms with Crippen LogP contribution >= 0.6 is 0 Å². The topological polar surface area (TPSA) is 28.2 Å². The van der Waals surface area contributed by atoms with E-state index >= 15 is 0 Å². The molecule has 0 aliphatic carbocycles. The Morgan fingerprint density at radius 3 is 2.81 bits per heavy atom. The minimum Gasteiger partial charge on any atom is -0.357 e. The van der Waals surface area contributed by atoms with Crippen LogP contribution in [0.3, 0.4) is 0 Å². The minimum absolute atomic E-state index is 0.153. The summed E-state index contributed by atoms with van der Waals surface area (Å²) in [4.78, 5) is 7.07. The van der Waals surface area contributed by atoms with Crippen molar-refractivity contribution in [3.05, 3.63) is 23.9 Å². The Bertz CT molecular complexity index is 436. The van der Waals surface area contributed by atoms with Gasteiger partial charge in [0.1, 0.15) is 5.82 Å². The van der Waals surface area contributed by atoms with Gasteiger partial charge in [-0.3, -0.25) is 0 Å². The Morgan fingerprint density at radius 2 is 2.10 bits per heavy atom. The number of aromatic nitrogens is 1. The maximum atomic E-state index is 4.60. The second-order valence-corrected chi connectivity index (χ2v) is 7.32. The van der Waals surface area contributed by atoms with E-state index < -0.39 is 0 Å². The third kappa shape index (κ3) is 5.31. The van der Waals surface area contributed by atoms with Crippen LogP contribution in [0, 0.1) is 5.92 Å². The molecule has 1 atom stereocenters. The van der Waals surface area contributed by atoms with E-state index in [-0.39, 0.29) is 5.54 Å². The molecule has 0 bridgehead atoms. The molecule has 1 N–H and O–H groups in total. The van der Waals surface area contributed by atoms with Crippen molar-refractivity contribution >= 4 is 5.82 Å². The third-order valence-corrected chi connectivity index (χ3v) is 4.38. The van der Waals surface area contributed by atoms with Crippen molar-refractivity contribution in [1.29, 1.82) is 0 Å². The summed E-state index contributed by atoms with van der Waals surface area (Å²) in [5.74, 6) is 2.06. The first-order valence-corrected chi connectivity index (χ1v) is 8.43. The number of rotatable bonds is 4. The molecule has 1 saturated heterocycles. The molecule has 0 amide bonds. The van der Waals surface area contributed by atoms with Gasteiger partial charge in [0.05, 0.1) is 0 Å². The Hall–Kier alpha value is -1.09. The highest BCUT2D eigenvalue weighted by molar-refractivity contribution is 5.41. The zero-order chi connectivity index (χ0) is 15.3. The van der Waals surface area contributed by atoms with Gasteiger partial charge in [0.25, 0.3) is 0 Å². The average Bonchev–Trinajstić information content (AvgIpc) is 2.70. The SMILES string of the molecule is CCC1CCCN(c2cc(CNC(C)(C)C)ccn2)CC1. The number of anilines is 1. The summed E-state index contributed by atoms with van der Waals surface area (Å²) in [6, 6.07) is 4.37. The van der Waals surface area contributed by atoms with Crippen LogP contribution in [-0.2, 0) is 6.54 Å². The van der Waals surface area contributed by atoms with Gasteiger partial charge in [0, 0.05) is 31.4 Å². The molecule has 1 aliphatic rings. The van der Waals surface area contributed by atoms with Gasteiger partial charge in [0.2, 0.25) is 0 Å². The molecule has 3 nitrogen and oxygen atoms in total. The first kappa shape index (κ1) is 16.3. The van der Waals surface area contributed by atoms with Gasteiger partial charge in [-0.2, -0.15) is 0 Å². The molecular weight excluding hydrogens is 258 g/mol. The van der Waals surface area contributed by atoms with Gasteiger partial charge in [0.15, 0.2) is 0 Å². The molecule has 118 valence electrons. The monoisotopic (exact) mass is 289 g/mol. The number of nitrogens with zero attached hydrogens (tertiary/aromatic N) is 2. The largest absolute Gasteiger partial charge is 0.357 e. The van der Waals surface area contributed by atoms with E-state index in [1.54, 1.807) is 0 Å². The van der Waals surface area contributed by atoms with Crippen molar-refractivity contribution in [2.45, 2.75) is 65.5 Å². The zero-order valence-corrected chi connectivity index (χ0v) is 14.2. The lowest BCUT2D eigenvalue weighted by Crippen LogP contribution is -2.35. The fourth-order valence-corrected chi connectivity index (χ4v) is 2.91. The Balaban J connectivity index is 1.99. The normalized spacial score (nSPS) is 20.4. The molecule has 2 heterocycles. The summed E-state index contributed by atoms with van der Waals surface area (Å²) in [6.07, 6.45) is 7.25. The lowest BCUT2D eigenvalue weighted by Gasteiger charge is -2.23. The Kier molecular flexibility index (Phi) is 5.63. The number of nitrogens with one attached hydrogen (secondary N) is 1.